The number of methoxy groups -OCH3 is 1. The van der Waals surface area contributed by atoms with Crippen molar-refractivity contribution >= 4 is 11.3 Å². The smallest absolute Gasteiger partial charge is 0.119 e. The van der Waals surface area contributed by atoms with Crippen molar-refractivity contribution in [2.45, 2.75) is 38.4 Å². The summed E-state index contributed by atoms with van der Waals surface area (Å²) in [4.78, 5) is 6.66. The molecule has 0 unspecified atom stereocenters. The summed E-state index contributed by atoms with van der Waals surface area (Å²) in [7, 11) is 1.74. The van der Waals surface area contributed by atoms with Crippen LogP contribution < -0.4 is 4.74 Å². The fourth-order valence-electron chi connectivity index (χ4n) is 3.85. The zero-order valence-corrected chi connectivity index (χ0v) is 15.2. The molecule has 0 radical (unpaired) electrons. The summed E-state index contributed by atoms with van der Waals surface area (Å²) in [6.45, 7) is 5.95. The second-order valence-corrected chi connectivity index (χ2v) is 7.95. The molecule has 1 atom stereocenters. The molecule has 0 bridgehead atoms. The molecule has 4 heteroatoms. The molecule has 0 N–H and O–H groups in total. The van der Waals surface area contributed by atoms with Crippen molar-refractivity contribution in [1.29, 1.82) is 0 Å². The summed E-state index contributed by atoms with van der Waals surface area (Å²) < 4.78 is 5.37. The van der Waals surface area contributed by atoms with Gasteiger partial charge >= 0.3 is 0 Å². The summed E-state index contributed by atoms with van der Waals surface area (Å²) in [5, 5.41) is 2.36. The summed E-state index contributed by atoms with van der Waals surface area (Å²) >= 11 is 1.92. The van der Waals surface area contributed by atoms with Gasteiger partial charge < -0.3 is 4.74 Å². The van der Waals surface area contributed by atoms with E-state index >= 15 is 0 Å². The van der Waals surface area contributed by atoms with Crippen LogP contribution in [0.25, 0.3) is 0 Å². The molecule has 3 nitrogen and oxygen atoms in total. The summed E-state index contributed by atoms with van der Waals surface area (Å²) in [5.41, 5.74) is 2.88. The van der Waals surface area contributed by atoms with Crippen molar-refractivity contribution in [2.75, 3.05) is 26.7 Å². The molecule has 3 heterocycles. The van der Waals surface area contributed by atoms with E-state index in [1.807, 2.05) is 17.4 Å². The Morgan fingerprint density at radius 2 is 2.00 bits per heavy atom. The zero-order chi connectivity index (χ0) is 16.4. The topological polar surface area (TPSA) is 15.7 Å². The maximum atomic E-state index is 5.37. The van der Waals surface area contributed by atoms with Crippen LogP contribution in [-0.2, 0) is 13.1 Å². The van der Waals surface area contributed by atoms with E-state index in [0.717, 1.165) is 18.8 Å². The third kappa shape index (κ3) is 3.51. The van der Waals surface area contributed by atoms with Crippen LogP contribution in [0, 0.1) is 0 Å². The Labute approximate surface area is 148 Å². The van der Waals surface area contributed by atoms with Crippen LogP contribution in [0.3, 0.4) is 0 Å². The first kappa shape index (κ1) is 16.1. The second-order valence-electron chi connectivity index (χ2n) is 6.96. The van der Waals surface area contributed by atoms with Crippen LogP contribution in [-0.4, -0.2) is 36.5 Å². The van der Waals surface area contributed by atoms with Crippen molar-refractivity contribution in [3.63, 3.8) is 0 Å². The van der Waals surface area contributed by atoms with E-state index in [2.05, 4.69) is 39.4 Å². The number of likely N-dealkylation sites (tertiary alicyclic amines) is 2. The van der Waals surface area contributed by atoms with E-state index in [1.165, 1.54) is 54.9 Å². The minimum Gasteiger partial charge on any atom is -0.497 e. The molecule has 2 fully saturated rings. The van der Waals surface area contributed by atoms with Crippen LogP contribution in [0.2, 0.25) is 0 Å². The van der Waals surface area contributed by atoms with Gasteiger partial charge in [0, 0.05) is 30.6 Å². The lowest BCUT2D eigenvalue weighted by Gasteiger charge is -2.41. The highest BCUT2D eigenvalue weighted by Gasteiger charge is 2.29. The van der Waals surface area contributed by atoms with Crippen molar-refractivity contribution < 1.29 is 4.74 Å². The van der Waals surface area contributed by atoms with Gasteiger partial charge in [-0.25, -0.2) is 0 Å². The van der Waals surface area contributed by atoms with E-state index in [0.29, 0.717) is 6.04 Å². The number of nitrogens with zero attached hydrogens (tertiary/aromatic N) is 2. The van der Waals surface area contributed by atoms with Crippen LogP contribution in [0.5, 0.6) is 5.75 Å². The van der Waals surface area contributed by atoms with Crippen LogP contribution in [0.15, 0.2) is 35.7 Å². The maximum Gasteiger partial charge on any atom is 0.119 e. The molecule has 0 aliphatic carbocycles. The highest BCUT2D eigenvalue weighted by molar-refractivity contribution is 7.10. The quantitative estimate of drug-likeness (QED) is 0.778. The monoisotopic (exact) mass is 342 g/mol. The molecule has 128 valence electrons. The molecule has 2 saturated heterocycles. The van der Waals surface area contributed by atoms with E-state index in [-0.39, 0.29) is 0 Å². The van der Waals surface area contributed by atoms with Gasteiger partial charge in [0.25, 0.3) is 0 Å². The van der Waals surface area contributed by atoms with Gasteiger partial charge in [-0.1, -0.05) is 12.1 Å². The van der Waals surface area contributed by atoms with E-state index in [9.17, 15) is 0 Å². The number of hydrogen-bond acceptors (Lipinski definition) is 4. The van der Waals surface area contributed by atoms with Gasteiger partial charge in [0.05, 0.1) is 7.11 Å². The minimum absolute atomic E-state index is 0.546. The Bertz CT molecular complexity index is 678. The molecule has 4 rings (SSSR count). The van der Waals surface area contributed by atoms with Crippen molar-refractivity contribution in [3.8, 4) is 5.75 Å². The first-order valence-corrected chi connectivity index (χ1v) is 9.86. The van der Waals surface area contributed by atoms with Gasteiger partial charge in [-0.05, 0) is 67.1 Å². The summed E-state index contributed by atoms with van der Waals surface area (Å²) in [6.07, 6.45) is 3.99. The molecule has 1 aromatic heterocycles. The van der Waals surface area contributed by atoms with E-state index in [1.54, 1.807) is 7.11 Å². The average molecular weight is 343 g/mol. The predicted octanol–water partition coefficient (Wildman–Crippen LogP) is 4.30. The van der Waals surface area contributed by atoms with E-state index in [4.69, 9.17) is 4.74 Å². The van der Waals surface area contributed by atoms with Gasteiger partial charge in [-0.2, -0.15) is 0 Å². The minimum atomic E-state index is 0.546. The van der Waals surface area contributed by atoms with Crippen molar-refractivity contribution in [2.24, 2.45) is 0 Å². The molecular formula is C20H26N2OS. The molecule has 2 aromatic rings. The first-order chi connectivity index (χ1) is 11.8. The lowest BCUT2D eigenvalue weighted by Crippen LogP contribution is -2.39. The molecule has 2 aliphatic heterocycles. The molecule has 0 amide bonds. The molecule has 0 saturated carbocycles. The molecule has 2 aliphatic rings. The number of ether oxygens (including phenoxy) is 1. The Kier molecular flexibility index (Phi) is 4.88. The largest absolute Gasteiger partial charge is 0.497 e. The highest BCUT2D eigenvalue weighted by atomic mass is 32.1. The maximum absolute atomic E-state index is 5.37. The average Bonchev–Trinajstić information content (AvgIpc) is 3.24. The van der Waals surface area contributed by atoms with Gasteiger partial charge in [-0.15, -0.1) is 11.3 Å². The van der Waals surface area contributed by atoms with Crippen LogP contribution in [0.4, 0.5) is 0 Å². The lowest BCUT2D eigenvalue weighted by molar-refractivity contribution is 0.0829. The Balaban J connectivity index is 1.37. The Morgan fingerprint density at radius 3 is 2.75 bits per heavy atom. The lowest BCUT2D eigenvalue weighted by atomic mass is 9.94. The van der Waals surface area contributed by atoms with Gasteiger partial charge in [-0.3, -0.25) is 9.80 Å². The van der Waals surface area contributed by atoms with Crippen LogP contribution in [0.1, 0.15) is 41.3 Å². The molecule has 1 aromatic carbocycles. The van der Waals surface area contributed by atoms with Gasteiger partial charge in [0.15, 0.2) is 0 Å². The SMILES string of the molecule is COc1cccc([C@H]2CCN2Cc2cc(CN3CCCC3)cs2)c1. The highest BCUT2D eigenvalue weighted by Crippen LogP contribution is 2.36. The Hall–Kier alpha value is -1.36. The third-order valence-electron chi connectivity index (χ3n) is 5.28. The van der Waals surface area contributed by atoms with Gasteiger partial charge in [0.1, 0.15) is 5.75 Å². The normalized spacial score (nSPS) is 21.8. The van der Waals surface area contributed by atoms with Gasteiger partial charge in [0.2, 0.25) is 0 Å². The van der Waals surface area contributed by atoms with Crippen LogP contribution >= 0.6 is 11.3 Å². The standard InChI is InChI=1S/C20H26N2OS/c1-23-18-6-4-5-17(12-18)20-7-10-22(20)14-19-11-16(15-24-19)13-21-8-2-3-9-21/h4-6,11-12,15,20H,2-3,7-10,13-14H2,1H3/t20-/m1/s1. The number of rotatable bonds is 6. The van der Waals surface area contributed by atoms with E-state index < -0.39 is 0 Å². The predicted molar refractivity (Wildman–Crippen MR) is 99.6 cm³/mol. The fourth-order valence-corrected chi connectivity index (χ4v) is 4.75. The summed E-state index contributed by atoms with van der Waals surface area (Å²) in [5.74, 6) is 0.961. The Morgan fingerprint density at radius 1 is 1.12 bits per heavy atom. The third-order valence-corrected chi connectivity index (χ3v) is 6.25. The number of hydrogen-bond donors (Lipinski definition) is 0. The van der Waals surface area contributed by atoms with Crippen molar-refractivity contribution in [3.05, 3.63) is 51.7 Å². The zero-order valence-electron chi connectivity index (χ0n) is 14.4. The second kappa shape index (κ2) is 7.26. The molecule has 24 heavy (non-hydrogen) atoms. The fraction of sp³-hybridized carbons (Fsp3) is 0.500. The first-order valence-electron chi connectivity index (χ1n) is 8.98. The van der Waals surface area contributed by atoms with Crippen molar-refractivity contribution in [1.82, 2.24) is 9.80 Å². The molecule has 0 spiro atoms. The summed E-state index contributed by atoms with van der Waals surface area (Å²) in [6, 6.07) is 11.5. The number of benzene rings is 1. The molecular weight excluding hydrogens is 316 g/mol. The number of thiophene rings is 1.